The summed E-state index contributed by atoms with van der Waals surface area (Å²) in [7, 11) is 0. The van der Waals surface area contributed by atoms with Gasteiger partial charge in [0.1, 0.15) is 22.6 Å². The molecule has 4 heteroatoms. The predicted octanol–water partition coefficient (Wildman–Crippen LogP) is 1.82. The molecule has 2 N–H and O–H groups in total. The fourth-order valence-electron chi connectivity index (χ4n) is 1.60. The van der Waals surface area contributed by atoms with E-state index in [1.807, 2.05) is 0 Å². The average molecular weight is 206 g/mol. The molecule has 0 saturated carbocycles. The predicted molar refractivity (Wildman–Crippen MR) is 55.3 cm³/mol. The topological polar surface area (TPSA) is 70.7 Å². The summed E-state index contributed by atoms with van der Waals surface area (Å²) in [6.45, 7) is 3.32. The molecule has 0 radical (unpaired) electrons. The monoisotopic (exact) mass is 206 g/mol. The van der Waals surface area contributed by atoms with Gasteiger partial charge in [-0.25, -0.2) is 4.79 Å². The molecule has 0 saturated heterocycles. The van der Waals surface area contributed by atoms with Gasteiger partial charge in [0, 0.05) is 11.5 Å². The van der Waals surface area contributed by atoms with Crippen LogP contribution in [0.5, 0.6) is 11.5 Å². The highest BCUT2D eigenvalue weighted by atomic mass is 16.4. The van der Waals surface area contributed by atoms with Gasteiger partial charge in [-0.1, -0.05) is 0 Å². The molecule has 0 fully saturated rings. The third-order valence-corrected chi connectivity index (χ3v) is 2.39. The van der Waals surface area contributed by atoms with E-state index in [9.17, 15) is 15.0 Å². The molecule has 0 aliphatic heterocycles. The van der Waals surface area contributed by atoms with Gasteiger partial charge in [0.25, 0.3) is 0 Å². The van der Waals surface area contributed by atoms with Crippen molar-refractivity contribution in [3.63, 3.8) is 0 Å². The number of fused-ring (bicyclic) bond motifs is 1. The van der Waals surface area contributed by atoms with E-state index in [1.54, 1.807) is 19.9 Å². The van der Waals surface area contributed by atoms with E-state index >= 15 is 0 Å². The summed E-state index contributed by atoms with van der Waals surface area (Å²) in [4.78, 5) is 11.5. The van der Waals surface area contributed by atoms with Gasteiger partial charge in [-0.2, -0.15) is 0 Å². The van der Waals surface area contributed by atoms with E-state index in [-0.39, 0.29) is 16.9 Å². The van der Waals surface area contributed by atoms with Gasteiger partial charge in [0.15, 0.2) is 0 Å². The van der Waals surface area contributed by atoms with Crippen molar-refractivity contribution < 1.29 is 14.6 Å². The Kier molecular flexibility index (Phi) is 1.93. The van der Waals surface area contributed by atoms with Crippen LogP contribution in [0.3, 0.4) is 0 Å². The van der Waals surface area contributed by atoms with Gasteiger partial charge in [0.2, 0.25) is 0 Å². The van der Waals surface area contributed by atoms with Gasteiger partial charge in [0.05, 0.1) is 0 Å². The molecular weight excluding hydrogens is 196 g/mol. The molecule has 0 aliphatic carbocycles. The van der Waals surface area contributed by atoms with Crippen molar-refractivity contribution in [1.82, 2.24) is 0 Å². The fraction of sp³-hybridized carbons (Fsp3) is 0.182. The van der Waals surface area contributed by atoms with Crippen LogP contribution in [-0.4, -0.2) is 10.2 Å². The Morgan fingerprint density at radius 1 is 1.13 bits per heavy atom. The van der Waals surface area contributed by atoms with Crippen LogP contribution in [0.1, 0.15) is 11.3 Å². The van der Waals surface area contributed by atoms with E-state index in [4.69, 9.17) is 4.42 Å². The highest BCUT2D eigenvalue weighted by Crippen LogP contribution is 2.32. The minimum atomic E-state index is -0.592. The van der Waals surface area contributed by atoms with Crippen LogP contribution in [0.4, 0.5) is 0 Å². The SMILES string of the molecule is Cc1cc2c(C)c(O)cc(O)c2c(=O)o1. The Bertz CT molecular complexity index is 596. The average Bonchev–Trinajstić information content (AvgIpc) is 2.12. The van der Waals surface area contributed by atoms with Crippen LogP contribution in [0.2, 0.25) is 0 Å². The normalized spacial score (nSPS) is 10.8. The molecular formula is C11H10O4. The molecule has 4 nitrogen and oxygen atoms in total. The second-order valence-electron chi connectivity index (χ2n) is 3.47. The number of aromatic hydroxyl groups is 2. The first-order valence-corrected chi connectivity index (χ1v) is 4.46. The van der Waals surface area contributed by atoms with Gasteiger partial charge >= 0.3 is 5.63 Å². The molecule has 78 valence electrons. The number of phenolic OH excluding ortho intramolecular Hbond substituents is 2. The Labute approximate surface area is 85.4 Å². The Morgan fingerprint density at radius 3 is 2.47 bits per heavy atom. The summed E-state index contributed by atoms with van der Waals surface area (Å²) < 4.78 is 4.87. The summed E-state index contributed by atoms with van der Waals surface area (Å²) in [5, 5.41) is 19.6. The minimum absolute atomic E-state index is 0.0370. The van der Waals surface area contributed by atoms with Crippen molar-refractivity contribution in [2.45, 2.75) is 13.8 Å². The van der Waals surface area contributed by atoms with Crippen LogP contribution >= 0.6 is 0 Å². The summed E-state index contributed by atoms with van der Waals surface area (Å²) in [5.41, 5.74) is -0.0376. The maximum Gasteiger partial charge on any atom is 0.347 e. The molecule has 0 unspecified atom stereocenters. The zero-order valence-electron chi connectivity index (χ0n) is 8.37. The first-order valence-electron chi connectivity index (χ1n) is 4.46. The number of benzene rings is 1. The molecule has 0 aliphatic rings. The first kappa shape index (κ1) is 9.58. The summed E-state index contributed by atoms with van der Waals surface area (Å²) in [6.07, 6.45) is 0. The second-order valence-corrected chi connectivity index (χ2v) is 3.47. The van der Waals surface area contributed by atoms with E-state index in [1.165, 1.54) is 0 Å². The first-order chi connectivity index (χ1) is 7.00. The van der Waals surface area contributed by atoms with E-state index in [0.29, 0.717) is 16.7 Å². The number of phenols is 2. The molecule has 0 bridgehead atoms. The summed E-state index contributed by atoms with van der Waals surface area (Å²) in [6, 6.07) is 2.76. The Balaban J connectivity index is 3.10. The lowest BCUT2D eigenvalue weighted by Gasteiger charge is -2.06. The van der Waals surface area contributed by atoms with Gasteiger partial charge in [-0.05, 0) is 25.5 Å². The van der Waals surface area contributed by atoms with Crippen LogP contribution in [0.15, 0.2) is 21.3 Å². The maximum atomic E-state index is 11.5. The molecule has 2 aromatic rings. The molecule has 1 aromatic heterocycles. The smallest absolute Gasteiger partial charge is 0.347 e. The summed E-state index contributed by atoms with van der Waals surface area (Å²) >= 11 is 0. The quantitative estimate of drug-likeness (QED) is 0.689. The molecule has 1 aromatic carbocycles. The van der Waals surface area contributed by atoms with Crippen molar-refractivity contribution >= 4 is 10.8 Å². The van der Waals surface area contributed by atoms with Crippen molar-refractivity contribution in [2.24, 2.45) is 0 Å². The second kappa shape index (κ2) is 3.02. The highest BCUT2D eigenvalue weighted by molar-refractivity contribution is 5.91. The van der Waals surface area contributed by atoms with Gasteiger partial charge < -0.3 is 14.6 Å². The standard InChI is InChI=1S/C11H10O4/c1-5-3-7-6(2)8(12)4-9(13)10(7)11(14)15-5/h3-4,12-13H,1-2H3. The zero-order valence-corrected chi connectivity index (χ0v) is 8.37. The fourth-order valence-corrected chi connectivity index (χ4v) is 1.60. The van der Waals surface area contributed by atoms with Crippen LogP contribution in [0, 0.1) is 13.8 Å². The lowest BCUT2D eigenvalue weighted by molar-refractivity contribution is 0.447. The zero-order chi connectivity index (χ0) is 11.2. The van der Waals surface area contributed by atoms with Gasteiger partial charge in [-0.15, -0.1) is 0 Å². The number of hydrogen-bond acceptors (Lipinski definition) is 4. The van der Waals surface area contributed by atoms with E-state index < -0.39 is 5.63 Å². The third-order valence-electron chi connectivity index (χ3n) is 2.39. The minimum Gasteiger partial charge on any atom is -0.508 e. The van der Waals surface area contributed by atoms with Crippen molar-refractivity contribution in [1.29, 1.82) is 0 Å². The van der Waals surface area contributed by atoms with Gasteiger partial charge in [-0.3, -0.25) is 0 Å². The van der Waals surface area contributed by atoms with E-state index in [0.717, 1.165) is 6.07 Å². The van der Waals surface area contributed by atoms with E-state index in [2.05, 4.69) is 0 Å². The van der Waals surface area contributed by atoms with Crippen LogP contribution in [0.25, 0.3) is 10.8 Å². The number of aryl methyl sites for hydroxylation is 2. The largest absolute Gasteiger partial charge is 0.508 e. The maximum absolute atomic E-state index is 11.5. The molecule has 0 amide bonds. The Hall–Kier alpha value is -1.97. The summed E-state index contributed by atoms with van der Waals surface area (Å²) in [5.74, 6) is 0.146. The molecule has 0 spiro atoms. The van der Waals surface area contributed by atoms with Crippen LogP contribution < -0.4 is 5.63 Å². The molecule has 1 heterocycles. The molecule has 15 heavy (non-hydrogen) atoms. The van der Waals surface area contributed by atoms with Crippen LogP contribution in [-0.2, 0) is 0 Å². The molecule has 0 atom stereocenters. The highest BCUT2D eigenvalue weighted by Gasteiger charge is 2.12. The van der Waals surface area contributed by atoms with Crippen molar-refractivity contribution in [3.8, 4) is 11.5 Å². The van der Waals surface area contributed by atoms with Crippen molar-refractivity contribution in [2.75, 3.05) is 0 Å². The molecule has 2 rings (SSSR count). The number of rotatable bonds is 0. The lowest BCUT2D eigenvalue weighted by Crippen LogP contribution is -2.01. The lowest BCUT2D eigenvalue weighted by atomic mass is 10.1. The van der Waals surface area contributed by atoms with Crippen molar-refractivity contribution in [3.05, 3.63) is 33.9 Å². The number of hydrogen-bond donors (Lipinski definition) is 2. The third kappa shape index (κ3) is 1.34. The Morgan fingerprint density at radius 2 is 1.80 bits per heavy atom.